The lowest BCUT2D eigenvalue weighted by Gasteiger charge is -2.09. The number of furan rings is 1. The summed E-state index contributed by atoms with van der Waals surface area (Å²) in [4.78, 5) is 12.2. The summed E-state index contributed by atoms with van der Waals surface area (Å²) < 4.78 is 37.8. The van der Waals surface area contributed by atoms with Gasteiger partial charge in [0.05, 0.1) is 24.0 Å². The minimum Gasteiger partial charge on any atom is -0.494 e. The first kappa shape index (κ1) is 20.2. The van der Waals surface area contributed by atoms with Crippen LogP contribution in [0.1, 0.15) is 23.0 Å². The summed E-state index contributed by atoms with van der Waals surface area (Å²) in [6, 6.07) is 15.5. The molecule has 0 fully saturated rings. The van der Waals surface area contributed by atoms with Gasteiger partial charge in [-0.05, 0) is 67.6 Å². The van der Waals surface area contributed by atoms with Gasteiger partial charge in [-0.25, -0.2) is 13.8 Å². The van der Waals surface area contributed by atoms with E-state index in [1.54, 1.807) is 24.3 Å². The smallest absolute Gasteiger partial charge is 0.271 e. The van der Waals surface area contributed by atoms with Crippen molar-refractivity contribution in [3.63, 3.8) is 0 Å². The van der Waals surface area contributed by atoms with Crippen molar-refractivity contribution in [2.24, 2.45) is 5.10 Å². The van der Waals surface area contributed by atoms with E-state index in [1.165, 1.54) is 48.9 Å². The number of sulfonamides is 1. The molecule has 8 nitrogen and oxygen atoms in total. The molecule has 2 N–H and O–H groups in total. The first-order valence-electron chi connectivity index (χ1n) is 8.70. The molecule has 0 aliphatic heterocycles. The van der Waals surface area contributed by atoms with E-state index in [-0.39, 0.29) is 4.90 Å². The SMILES string of the molecule is CCOc1ccc(S(=O)(=O)Nc2ccc(C(=O)N/N=C/c3ccco3)cc2)cc1. The highest BCUT2D eigenvalue weighted by atomic mass is 32.2. The Bertz CT molecular complexity index is 1070. The molecule has 0 atom stereocenters. The topological polar surface area (TPSA) is 110 Å². The standard InChI is InChI=1S/C20H19N3O5S/c1-2-27-17-9-11-19(12-10-17)29(25,26)23-16-7-5-15(6-8-16)20(24)22-21-14-18-4-3-13-28-18/h3-14,23H,2H2,1H3,(H,22,24)/b21-14+. The summed E-state index contributed by atoms with van der Waals surface area (Å²) in [5.74, 6) is 0.662. The molecule has 0 saturated heterocycles. The molecule has 0 saturated carbocycles. The Kier molecular flexibility index (Phi) is 6.30. The van der Waals surface area contributed by atoms with E-state index < -0.39 is 15.9 Å². The van der Waals surface area contributed by atoms with Gasteiger partial charge in [-0.15, -0.1) is 0 Å². The van der Waals surface area contributed by atoms with Gasteiger partial charge < -0.3 is 9.15 Å². The summed E-state index contributed by atoms with van der Waals surface area (Å²) in [5, 5.41) is 3.79. The predicted molar refractivity (Wildman–Crippen MR) is 109 cm³/mol. The summed E-state index contributed by atoms with van der Waals surface area (Å²) in [7, 11) is -3.76. The highest BCUT2D eigenvalue weighted by Crippen LogP contribution is 2.19. The lowest BCUT2D eigenvalue weighted by molar-refractivity contribution is 0.0955. The van der Waals surface area contributed by atoms with Crippen molar-refractivity contribution in [3.05, 3.63) is 78.3 Å². The number of hydrazone groups is 1. The van der Waals surface area contributed by atoms with Gasteiger partial charge in [-0.3, -0.25) is 9.52 Å². The minimum atomic E-state index is -3.76. The van der Waals surface area contributed by atoms with Crippen LogP contribution in [0.2, 0.25) is 0 Å². The fourth-order valence-corrected chi connectivity index (χ4v) is 3.43. The fraction of sp³-hybridized carbons (Fsp3) is 0.100. The molecule has 150 valence electrons. The van der Waals surface area contributed by atoms with E-state index in [4.69, 9.17) is 9.15 Å². The Balaban J connectivity index is 1.62. The Hall–Kier alpha value is -3.59. The second kappa shape index (κ2) is 9.07. The third kappa shape index (κ3) is 5.45. The average molecular weight is 413 g/mol. The quantitative estimate of drug-likeness (QED) is 0.435. The molecule has 0 bridgehead atoms. The zero-order chi connectivity index (χ0) is 20.7. The Morgan fingerprint density at radius 1 is 1.10 bits per heavy atom. The molecule has 0 radical (unpaired) electrons. The minimum absolute atomic E-state index is 0.107. The molecule has 1 amide bonds. The van der Waals surface area contributed by atoms with Crippen molar-refractivity contribution >= 4 is 27.8 Å². The van der Waals surface area contributed by atoms with Crippen LogP contribution >= 0.6 is 0 Å². The molecular weight excluding hydrogens is 394 g/mol. The maximum atomic E-state index is 12.5. The predicted octanol–water partition coefficient (Wildman–Crippen LogP) is 3.24. The maximum Gasteiger partial charge on any atom is 0.271 e. The van der Waals surface area contributed by atoms with E-state index >= 15 is 0 Å². The molecule has 0 aliphatic rings. The second-order valence-electron chi connectivity index (χ2n) is 5.80. The van der Waals surface area contributed by atoms with Crippen LogP contribution in [0.3, 0.4) is 0 Å². The monoisotopic (exact) mass is 413 g/mol. The van der Waals surface area contributed by atoms with Gasteiger partial charge >= 0.3 is 0 Å². The van der Waals surface area contributed by atoms with Crippen LogP contribution in [-0.4, -0.2) is 27.1 Å². The van der Waals surface area contributed by atoms with Crippen molar-refractivity contribution < 1.29 is 22.4 Å². The molecule has 0 spiro atoms. The number of carbonyl (C=O) groups is 1. The van der Waals surface area contributed by atoms with Crippen molar-refractivity contribution in [3.8, 4) is 5.75 Å². The summed E-state index contributed by atoms with van der Waals surface area (Å²) in [6.07, 6.45) is 2.87. The zero-order valence-electron chi connectivity index (χ0n) is 15.5. The van der Waals surface area contributed by atoms with Gasteiger partial charge in [0, 0.05) is 11.3 Å². The molecular formula is C20H19N3O5S. The molecule has 3 rings (SSSR count). The number of ether oxygens (including phenoxy) is 1. The Labute approximate surface area is 168 Å². The molecule has 1 heterocycles. The van der Waals surface area contributed by atoms with E-state index in [9.17, 15) is 13.2 Å². The molecule has 3 aromatic rings. The number of anilines is 1. The Morgan fingerprint density at radius 2 is 1.83 bits per heavy atom. The lowest BCUT2D eigenvalue weighted by Crippen LogP contribution is -2.18. The molecule has 0 unspecified atom stereocenters. The molecule has 9 heteroatoms. The maximum absolute atomic E-state index is 12.5. The fourth-order valence-electron chi connectivity index (χ4n) is 2.37. The second-order valence-corrected chi connectivity index (χ2v) is 7.48. The third-order valence-corrected chi connectivity index (χ3v) is 5.14. The number of hydrogen-bond donors (Lipinski definition) is 2. The molecule has 0 aliphatic carbocycles. The highest BCUT2D eigenvalue weighted by Gasteiger charge is 2.14. The average Bonchev–Trinajstić information content (AvgIpc) is 3.22. The van der Waals surface area contributed by atoms with Crippen LogP contribution < -0.4 is 14.9 Å². The summed E-state index contributed by atoms with van der Waals surface area (Å²) in [6.45, 7) is 2.35. The van der Waals surface area contributed by atoms with Crippen molar-refractivity contribution in [1.82, 2.24) is 5.43 Å². The zero-order valence-corrected chi connectivity index (χ0v) is 16.3. The van der Waals surface area contributed by atoms with Gasteiger partial charge in [-0.1, -0.05) is 0 Å². The molecule has 1 aromatic heterocycles. The summed E-state index contributed by atoms with van der Waals surface area (Å²) >= 11 is 0. The number of nitrogens with zero attached hydrogens (tertiary/aromatic N) is 1. The molecule has 29 heavy (non-hydrogen) atoms. The normalized spacial score (nSPS) is 11.3. The number of benzene rings is 2. The van der Waals surface area contributed by atoms with Gasteiger partial charge in [0.2, 0.25) is 0 Å². The van der Waals surface area contributed by atoms with Gasteiger partial charge in [-0.2, -0.15) is 5.10 Å². The van der Waals surface area contributed by atoms with Gasteiger partial charge in [0.25, 0.3) is 15.9 Å². The van der Waals surface area contributed by atoms with Crippen LogP contribution in [0, 0.1) is 0 Å². The van der Waals surface area contributed by atoms with Crippen molar-refractivity contribution in [2.45, 2.75) is 11.8 Å². The lowest BCUT2D eigenvalue weighted by atomic mass is 10.2. The van der Waals surface area contributed by atoms with Gasteiger partial charge in [0.15, 0.2) is 0 Å². The number of rotatable bonds is 8. The van der Waals surface area contributed by atoms with Gasteiger partial charge in [0.1, 0.15) is 11.5 Å². The van der Waals surface area contributed by atoms with Crippen LogP contribution in [0.25, 0.3) is 0 Å². The van der Waals surface area contributed by atoms with Crippen molar-refractivity contribution in [2.75, 3.05) is 11.3 Å². The highest BCUT2D eigenvalue weighted by molar-refractivity contribution is 7.92. The number of hydrogen-bond acceptors (Lipinski definition) is 6. The van der Waals surface area contributed by atoms with E-state index in [0.29, 0.717) is 29.4 Å². The summed E-state index contributed by atoms with van der Waals surface area (Å²) in [5.41, 5.74) is 3.02. The van der Waals surface area contributed by atoms with Crippen LogP contribution in [0.4, 0.5) is 5.69 Å². The largest absolute Gasteiger partial charge is 0.494 e. The van der Waals surface area contributed by atoms with E-state index in [1.807, 2.05) is 6.92 Å². The van der Waals surface area contributed by atoms with Crippen LogP contribution in [-0.2, 0) is 10.0 Å². The number of nitrogens with one attached hydrogen (secondary N) is 2. The van der Waals surface area contributed by atoms with E-state index in [0.717, 1.165) is 0 Å². The van der Waals surface area contributed by atoms with Crippen molar-refractivity contribution in [1.29, 1.82) is 0 Å². The van der Waals surface area contributed by atoms with Crippen LogP contribution in [0.5, 0.6) is 5.75 Å². The first-order chi connectivity index (χ1) is 14.0. The number of carbonyl (C=O) groups excluding carboxylic acids is 1. The first-order valence-corrected chi connectivity index (χ1v) is 10.2. The molecule has 2 aromatic carbocycles. The number of amides is 1. The van der Waals surface area contributed by atoms with E-state index in [2.05, 4.69) is 15.2 Å². The Morgan fingerprint density at radius 3 is 2.45 bits per heavy atom. The van der Waals surface area contributed by atoms with Crippen LogP contribution in [0.15, 0.2) is 81.3 Å². The third-order valence-electron chi connectivity index (χ3n) is 3.75.